The lowest BCUT2D eigenvalue weighted by Crippen LogP contribution is -2.42. The Hall–Kier alpha value is -2.42. The van der Waals surface area contributed by atoms with Crippen LogP contribution in [0.5, 0.6) is 0 Å². The summed E-state index contributed by atoms with van der Waals surface area (Å²) >= 11 is 0. The number of hydrogen-bond acceptors (Lipinski definition) is 8. The van der Waals surface area contributed by atoms with E-state index in [0.717, 1.165) is 31.6 Å². The Bertz CT molecular complexity index is 751. The van der Waals surface area contributed by atoms with Gasteiger partial charge in [0.05, 0.1) is 10.6 Å². The van der Waals surface area contributed by atoms with Crippen molar-refractivity contribution in [1.29, 1.82) is 0 Å². The molecule has 1 fully saturated rings. The number of anilines is 2. The third-order valence-electron chi connectivity index (χ3n) is 4.75. The number of aromatic nitrogens is 2. The molecule has 0 unspecified atom stereocenters. The summed E-state index contributed by atoms with van der Waals surface area (Å²) in [5.74, 6) is 0. The van der Waals surface area contributed by atoms with E-state index in [1.54, 1.807) is 19.0 Å². The first-order valence-corrected chi connectivity index (χ1v) is 7.92. The minimum absolute atomic E-state index is 0.0724. The highest BCUT2D eigenvalue weighted by atomic mass is 16.6. The maximum absolute atomic E-state index is 11.5. The van der Waals surface area contributed by atoms with Crippen LogP contribution in [-0.4, -0.2) is 67.5 Å². The molecule has 1 aliphatic heterocycles. The molecular formula is C15H22N6O3. The molecule has 2 heterocycles. The summed E-state index contributed by atoms with van der Waals surface area (Å²) in [5.41, 5.74) is 1.87. The summed E-state index contributed by atoms with van der Waals surface area (Å²) in [6.45, 7) is 2.06. The molecule has 0 amide bonds. The van der Waals surface area contributed by atoms with Gasteiger partial charge in [-0.15, -0.1) is 0 Å². The molecule has 9 nitrogen and oxygen atoms in total. The smallest absolute Gasteiger partial charge is 0.323 e. The van der Waals surface area contributed by atoms with Gasteiger partial charge in [-0.2, -0.15) is 0 Å². The predicted molar refractivity (Wildman–Crippen MR) is 91.7 cm³/mol. The minimum Gasteiger partial charge on any atom is -0.372 e. The average Bonchev–Trinajstić information content (AvgIpc) is 3.02. The molecule has 0 radical (unpaired) electrons. The largest absolute Gasteiger partial charge is 0.372 e. The molecule has 24 heavy (non-hydrogen) atoms. The monoisotopic (exact) mass is 334 g/mol. The number of fused-ring (bicyclic) bond motifs is 1. The van der Waals surface area contributed by atoms with Gasteiger partial charge < -0.3 is 14.7 Å². The highest BCUT2D eigenvalue weighted by molar-refractivity contribution is 6.00. The molecule has 0 N–H and O–H groups in total. The lowest BCUT2D eigenvalue weighted by molar-refractivity contribution is -0.382. The van der Waals surface area contributed by atoms with Gasteiger partial charge in [-0.25, -0.2) is 4.63 Å². The van der Waals surface area contributed by atoms with E-state index < -0.39 is 4.92 Å². The summed E-state index contributed by atoms with van der Waals surface area (Å²) in [5, 5.41) is 19.2. The van der Waals surface area contributed by atoms with Crippen LogP contribution < -0.4 is 9.80 Å². The first-order chi connectivity index (χ1) is 11.4. The van der Waals surface area contributed by atoms with Gasteiger partial charge in [0.2, 0.25) is 5.52 Å². The molecule has 1 aromatic heterocycles. The van der Waals surface area contributed by atoms with Crippen LogP contribution in [0.3, 0.4) is 0 Å². The van der Waals surface area contributed by atoms with Gasteiger partial charge in [-0.05, 0) is 49.4 Å². The van der Waals surface area contributed by atoms with Crippen LogP contribution >= 0.6 is 0 Å². The molecule has 3 rings (SSSR count). The van der Waals surface area contributed by atoms with Gasteiger partial charge in [0, 0.05) is 27.2 Å². The van der Waals surface area contributed by atoms with Crippen molar-refractivity contribution in [2.75, 3.05) is 51.1 Å². The maximum atomic E-state index is 11.5. The zero-order valence-electron chi connectivity index (χ0n) is 14.4. The third kappa shape index (κ3) is 2.75. The Morgan fingerprint density at radius 3 is 2.42 bits per heavy atom. The molecule has 0 atom stereocenters. The topological polar surface area (TPSA) is 91.8 Å². The van der Waals surface area contributed by atoms with Crippen molar-refractivity contribution in [3.63, 3.8) is 0 Å². The van der Waals surface area contributed by atoms with Crippen molar-refractivity contribution in [2.24, 2.45) is 0 Å². The Kier molecular flexibility index (Phi) is 4.27. The van der Waals surface area contributed by atoms with Crippen molar-refractivity contribution in [3.8, 4) is 0 Å². The number of nitro benzene ring substituents is 1. The van der Waals surface area contributed by atoms with Crippen LogP contribution in [0.4, 0.5) is 17.1 Å². The van der Waals surface area contributed by atoms with E-state index in [4.69, 9.17) is 4.63 Å². The van der Waals surface area contributed by atoms with Crippen molar-refractivity contribution in [2.45, 2.75) is 18.9 Å². The van der Waals surface area contributed by atoms with Gasteiger partial charge in [0.25, 0.3) is 0 Å². The second-order valence-corrected chi connectivity index (χ2v) is 6.52. The normalized spacial score (nSPS) is 16.5. The number of likely N-dealkylation sites (tertiary alicyclic amines) is 1. The summed E-state index contributed by atoms with van der Waals surface area (Å²) < 4.78 is 4.83. The van der Waals surface area contributed by atoms with Gasteiger partial charge >= 0.3 is 5.69 Å². The predicted octanol–water partition coefficient (Wildman–Crippen LogP) is 1.73. The first kappa shape index (κ1) is 16.4. The van der Waals surface area contributed by atoms with E-state index >= 15 is 0 Å². The zero-order valence-corrected chi connectivity index (χ0v) is 14.4. The Morgan fingerprint density at radius 2 is 1.83 bits per heavy atom. The van der Waals surface area contributed by atoms with E-state index in [1.165, 1.54) is 0 Å². The summed E-state index contributed by atoms with van der Waals surface area (Å²) in [4.78, 5) is 17.3. The fourth-order valence-electron chi connectivity index (χ4n) is 3.27. The Labute approximate surface area is 139 Å². The van der Waals surface area contributed by atoms with Crippen LogP contribution in [0.1, 0.15) is 12.8 Å². The summed E-state index contributed by atoms with van der Waals surface area (Å²) in [6.07, 6.45) is 2.07. The molecule has 1 aliphatic rings. The molecule has 0 spiro atoms. The van der Waals surface area contributed by atoms with Crippen molar-refractivity contribution >= 4 is 28.1 Å². The molecule has 1 aromatic carbocycles. The van der Waals surface area contributed by atoms with Gasteiger partial charge in [-0.1, -0.05) is 0 Å². The van der Waals surface area contributed by atoms with Crippen molar-refractivity contribution in [3.05, 3.63) is 16.2 Å². The van der Waals surface area contributed by atoms with Gasteiger partial charge in [-0.3, -0.25) is 10.1 Å². The average molecular weight is 334 g/mol. The van der Waals surface area contributed by atoms with E-state index in [1.807, 2.05) is 13.1 Å². The number of nitro groups is 1. The highest BCUT2D eigenvalue weighted by Crippen LogP contribution is 2.40. The van der Waals surface area contributed by atoms with Crippen molar-refractivity contribution < 1.29 is 9.55 Å². The molecular weight excluding hydrogens is 312 g/mol. The molecule has 2 aromatic rings. The van der Waals surface area contributed by atoms with E-state index in [-0.39, 0.29) is 11.2 Å². The molecule has 130 valence electrons. The summed E-state index contributed by atoms with van der Waals surface area (Å²) in [6, 6.07) is 2.17. The van der Waals surface area contributed by atoms with Crippen molar-refractivity contribution in [1.82, 2.24) is 15.2 Å². The maximum Gasteiger partial charge on any atom is 0.323 e. The van der Waals surface area contributed by atoms with Gasteiger partial charge in [0.15, 0.2) is 5.52 Å². The molecule has 0 saturated carbocycles. The lowest BCUT2D eigenvalue weighted by atomic mass is 10.0. The van der Waals surface area contributed by atoms with Crippen LogP contribution in [0.15, 0.2) is 10.7 Å². The van der Waals surface area contributed by atoms with Crippen LogP contribution in [-0.2, 0) is 0 Å². The number of hydrogen-bond donors (Lipinski definition) is 0. The zero-order chi connectivity index (χ0) is 17.4. The van der Waals surface area contributed by atoms with Crippen LogP contribution in [0.25, 0.3) is 11.0 Å². The van der Waals surface area contributed by atoms with E-state index in [2.05, 4.69) is 27.2 Å². The van der Waals surface area contributed by atoms with E-state index in [0.29, 0.717) is 17.2 Å². The number of rotatable bonds is 4. The Balaban J connectivity index is 2.09. The second kappa shape index (κ2) is 6.23. The van der Waals surface area contributed by atoms with E-state index in [9.17, 15) is 10.1 Å². The highest BCUT2D eigenvalue weighted by Gasteiger charge is 2.30. The third-order valence-corrected chi connectivity index (χ3v) is 4.75. The number of benzene rings is 1. The van der Waals surface area contributed by atoms with Gasteiger partial charge in [0.1, 0.15) is 5.69 Å². The minimum atomic E-state index is -0.429. The fraction of sp³-hybridized carbons (Fsp3) is 0.600. The second-order valence-electron chi connectivity index (χ2n) is 6.52. The lowest BCUT2D eigenvalue weighted by Gasteiger charge is -2.36. The standard InChI is InChI=1S/C15H22N6O3/c1-18(2)12-9-11(20(4)10-5-7-19(3)8-6-10)13-14(17-24-16-13)15(12)21(22)23/h9-10H,5-8H2,1-4H3. The first-order valence-electron chi connectivity index (χ1n) is 7.92. The molecule has 0 aliphatic carbocycles. The molecule has 0 bridgehead atoms. The molecule has 9 heteroatoms. The van der Waals surface area contributed by atoms with Crippen LogP contribution in [0, 0.1) is 10.1 Å². The molecule has 1 saturated heterocycles. The fourth-order valence-corrected chi connectivity index (χ4v) is 3.27. The Morgan fingerprint density at radius 1 is 1.21 bits per heavy atom. The number of piperidine rings is 1. The quantitative estimate of drug-likeness (QED) is 0.616. The van der Waals surface area contributed by atoms with Crippen LogP contribution in [0.2, 0.25) is 0 Å². The SMILES string of the molecule is CN1CCC(N(C)c2cc(N(C)C)c([N+](=O)[O-])c3nonc23)CC1. The number of nitrogens with zero attached hydrogens (tertiary/aromatic N) is 6. The summed E-state index contributed by atoms with van der Waals surface area (Å²) in [7, 11) is 7.68.